The standard InChI is InChI=1S/C15H15ClFN3O4S2/c16-10-3-2-9(6-15(10)25)19-20-13-8-14(12(18)7-11(13)17)24-4-1-5-26(21,22)23/h2-3,6-8,25H,1,4-5,18H2,(H,21,22,23). The molecule has 0 unspecified atom stereocenters. The molecule has 0 heterocycles. The monoisotopic (exact) mass is 419 g/mol. The van der Waals surface area contributed by atoms with Crippen molar-refractivity contribution >= 4 is 51.4 Å². The van der Waals surface area contributed by atoms with E-state index in [0.29, 0.717) is 15.6 Å². The maximum atomic E-state index is 14.0. The van der Waals surface area contributed by atoms with E-state index in [1.54, 1.807) is 18.2 Å². The Morgan fingerprint density at radius 1 is 1.27 bits per heavy atom. The first-order chi connectivity index (χ1) is 12.2. The van der Waals surface area contributed by atoms with Crippen molar-refractivity contribution in [3.05, 3.63) is 41.2 Å². The van der Waals surface area contributed by atoms with E-state index in [0.717, 1.165) is 6.07 Å². The molecule has 0 radical (unpaired) electrons. The van der Waals surface area contributed by atoms with Gasteiger partial charge in [-0.2, -0.15) is 13.5 Å². The number of hydrogen-bond donors (Lipinski definition) is 3. The van der Waals surface area contributed by atoms with Gasteiger partial charge in [-0.15, -0.1) is 17.7 Å². The molecule has 2 rings (SSSR count). The summed E-state index contributed by atoms with van der Waals surface area (Å²) in [6, 6.07) is 7.02. The number of hydrogen-bond acceptors (Lipinski definition) is 7. The van der Waals surface area contributed by atoms with E-state index in [2.05, 4.69) is 22.9 Å². The minimum atomic E-state index is -4.07. The molecule has 2 aromatic carbocycles. The first kappa shape index (κ1) is 20.4. The number of rotatable bonds is 7. The van der Waals surface area contributed by atoms with Crippen LogP contribution < -0.4 is 10.5 Å². The second-order valence-corrected chi connectivity index (χ2v) is 7.63. The summed E-state index contributed by atoms with van der Waals surface area (Å²) in [7, 11) is -4.07. The van der Waals surface area contributed by atoms with Crippen LogP contribution >= 0.6 is 24.2 Å². The molecule has 0 aliphatic rings. The number of ether oxygens (including phenoxy) is 1. The van der Waals surface area contributed by atoms with E-state index < -0.39 is 21.7 Å². The zero-order valence-corrected chi connectivity index (χ0v) is 15.7. The van der Waals surface area contributed by atoms with Gasteiger partial charge in [0.05, 0.1) is 28.8 Å². The average molecular weight is 420 g/mol. The van der Waals surface area contributed by atoms with Gasteiger partial charge in [0, 0.05) is 17.0 Å². The van der Waals surface area contributed by atoms with Gasteiger partial charge in [0.25, 0.3) is 10.1 Å². The zero-order chi connectivity index (χ0) is 19.3. The van der Waals surface area contributed by atoms with Crippen molar-refractivity contribution in [1.29, 1.82) is 0 Å². The van der Waals surface area contributed by atoms with Crippen LogP contribution in [0.4, 0.5) is 21.5 Å². The Morgan fingerprint density at radius 2 is 2.00 bits per heavy atom. The summed E-state index contributed by atoms with van der Waals surface area (Å²) >= 11 is 10.0. The van der Waals surface area contributed by atoms with Crippen LogP contribution in [-0.4, -0.2) is 25.3 Å². The lowest BCUT2D eigenvalue weighted by Gasteiger charge is -2.09. The minimum Gasteiger partial charge on any atom is -0.491 e. The molecular formula is C15H15ClFN3O4S2. The smallest absolute Gasteiger partial charge is 0.264 e. The summed E-state index contributed by atoms with van der Waals surface area (Å²) in [6.07, 6.45) is 0.0436. The molecule has 11 heteroatoms. The second kappa shape index (κ2) is 8.67. The highest BCUT2D eigenvalue weighted by molar-refractivity contribution is 7.85. The van der Waals surface area contributed by atoms with Crippen LogP contribution in [-0.2, 0) is 10.1 Å². The number of benzene rings is 2. The Bertz CT molecular complexity index is 939. The Morgan fingerprint density at radius 3 is 2.65 bits per heavy atom. The fourth-order valence-electron chi connectivity index (χ4n) is 1.86. The third kappa shape index (κ3) is 6.13. The normalized spacial score (nSPS) is 11.8. The topological polar surface area (TPSA) is 114 Å². The summed E-state index contributed by atoms with van der Waals surface area (Å²) in [5.41, 5.74) is 6.01. The molecule has 0 saturated heterocycles. The molecule has 0 bridgehead atoms. The fourth-order valence-corrected chi connectivity index (χ4v) is 2.67. The van der Waals surface area contributed by atoms with Gasteiger partial charge in [-0.3, -0.25) is 4.55 Å². The van der Waals surface area contributed by atoms with Gasteiger partial charge in [0.15, 0.2) is 5.82 Å². The molecule has 0 atom stereocenters. The predicted molar refractivity (Wildman–Crippen MR) is 100 cm³/mol. The van der Waals surface area contributed by atoms with Gasteiger partial charge in [-0.1, -0.05) is 11.6 Å². The molecule has 7 nitrogen and oxygen atoms in total. The summed E-state index contributed by atoms with van der Waals surface area (Å²) in [5, 5.41) is 8.18. The Hall–Kier alpha value is -1.88. The summed E-state index contributed by atoms with van der Waals surface area (Å²) < 4.78 is 49.3. The van der Waals surface area contributed by atoms with Gasteiger partial charge in [0.2, 0.25) is 0 Å². The van der Waals surface area contributed by atoms with Crippen LogP contribution in [0, 0.1) is 5.82 Å². The number of anilines is 1. The molecule has 0 saturated carbocycles. The number of nitrogens with zero attached hydrogens (tertiary/aromatic N) is 2. The van der Waals surface area contributed by atoms with E-state index in [9.17, 15) is 12.8 Å². The predicted octanol–water partition coefficient (Wildman–Crippen LogP) is 4.42. The Balaban J connectivity index is 2.13. The SMILES string of the molecule is Nc1cc(F)c(N=Nc2ccc(Cl)c(S)c2)cc1OCCCS(=O)(=O)O. The molecule has 140 valence electrons. The van der Waals surface area contributed by atoms with Crippen LogP contribution in [0.1, 0.15) is 6.42 Å². The third-order valence-electron chi connectivity index (χ3n) is 3.09. The molecule has 3 N–H and O–H groups in total. The maximum Gasteiger partial charge on any atom is 0.264 e. The van der Waals surface area contributed by atoms with Crippen LogP contribution in [0.25, 0.3) is 0 Å². The van der Waals surface area contributed by atoms with Gasteiger partial charge in [0.1, 0.15) is 11.4 Å². The van der Waals surface area contributed by atoms with Gasteiger partial charge in [-0.25, -0.2) is 4.39 Å². The Labute approximate surface area is 160 Å². The van der Waals surface area contributed by atoms with Crippen LogP contribution in [0.5, 0.6) is 5.75 Å². The molecule has 0 amide bonds. The van der Waals surface area contributed by atoms with Crippen molar-refractivity contribution in [3.63, 3.8) is 0 Å². The van der Waals surface area contributed by atoms with E-state index in [1.165, 1.54) is 6.07 Å². The van der Waals surface area contributed by atoms with Crippen LogP contribution in [0.2, 0.25) is 5.02 Å². The van der Waals surface area contributed by atoms with Crippen LogP contribution in [0.3, 0.4) is 0 Å². The third-order valence-corrected chi connectivity index (χ3v) is 4.72. The van der Waals surface area contributed by atoms with E-state index >= 15 is 0 Å². The molecular weight excluding hydrogens is 405 g/mol. The van der Waals surface area contributed by atoms with Crippen molar-refractivity contribution in [2.24, 2.45) is 10.2 Å². The maximum absolute atomic E-state index is 14.0. The van der Waals surface area contributed by atoms with Gasteiger partial charge >= 0.3 is 0 Å². The lowest BCUT2D eigenvalue weighted by Crippen LogP contribution is -2.09. The van der Waals surface area contributed by atoms with Crippen molar-refractivity contribution < 1.29 is 22.1 Å². The van der Waals surface area contributed by atoms with Crippen LogP contribution in [0.15, 0.2) is 45.5 Å². The zero-order valence-electron chi connectivity index (χ0n) is 13.3. The molecule has 0 spiro atoms. The van der Waals surface area contributed by atoms with Crippen molar-refractivity contribution in [2.75, 3.05) is 18.1 Å². The largest absolute Gasteiger partial charge is 0.491 e. The number of nitrogen functional groups attached to an aromatic ring is 1. The average Bonchev–Trinajstić information content (AvgIpc) is 2.54. The number of azo groups is 1. The van der Waals surface area contributed by atoms with Gasteiger partial charge < -0.3 is 10.5 Å². The highest BCUT2D eigenvalue weighted by Gasteiger charge is 2.10. The number of nitrogens with two attached hydrogens (primary N) is 1. The highest BCUT2D eigenvalue weighted by Crippen LogP contribution is 2.32. The fraction of sp³-hybridized carbons (Fsp3) is 0.200. The molecule has 0 aliphatic heterocycles. The van der Waals surface area contributed by atoms with Crippen molar-refractivity contribution in [1.82, 2.24) is 0 Å². The quantitative estimate of drug-likeness (QED) is 0.202. The summed E-state index contributed by atoms with van der Waals surface area (Å²) in [4.78, 5) is 0.503. The lowest BCUT2D eigenvalue weighted by molar-refractivity contribution is 0.317. The minimum absolute atomic E-state index is 0.0254. The number of halogens is 2. The summed E-state index contributed by atoms with van der Waals surface area (Å²) in [6.45, 7) is -0.0353. The van der Waals surface area contributed by atoms with E-state index in [-0.39, 0.29) is 30.2 Å². The first-order valence-corrected chi connectivity index (χ1v) is 9.66. The van der Waals surface area contributed by atoms with Crippen molar-refractivity contribution in [3.8, 4) is 5.75 Å². The first-order valence-electron chi connectivity index (χ1n) is 7.23. The lowest BCUT2D eigenvalue weighted by atomic mass is 10.2. The van der Waals surface area contributed by atoms with E-state index in [1.807, 2.05) is 0 Å². The molecule has 26 heavy (non-hydrogen) atoms. The van der Waals surface area contributed by atoms with E-state index in [4.69, 9.17) is 26.6 Å². The molecule has 0 aromatic heterocycles. The highest BCUT2D eigenvalue weighted by atomic mass is 35.5. The summed E-state index contributed by atoms with van der Waals surface area (Å²) in [5.74, 6) is -1.03. The van der Waals surface area contributed by atoms with Gasteiger partial charge in [-0.05, 0) is 24.6 Å². The second-order valence-electron chi connectivity index (χ2n) is 5.17. The Kier molecular flexibility index (Phi) is 6.81. The molecule has 2 aromatic rings. The molecule has 0 aliphatic carbocycles. The van der Waals surface area contributed by atoms with Crippen molar-refractivity contribution in [2.45, 2.75) is 11.3 Å². The number of thiol groups is 1. The molecule has 0 fully saturated rings.